The van der Waals surface area contributed by atoms with Gasteiger partial charge in [-0.15, -0.1) is 0 Å². The van der Waals surface area contributed by atoms with Crippen LogP contribution >= 0.6 is 0 Å². The van der Waals surface area contributed by atoms with Gasteiger partial charge < -0.3 is 15.0 Å². The van der Waals surface area contributed by atoms with Crippen molar-refractivity contribution in [3.8, 4) is 6.01 Å². The molecule has 2 aromatic rings. The van der Waals surface area contributed by atoms with E-state index in [-0.39, 0.29) is 18.5 Å². The highest BCUT2D eigenvalue weighted by Crippen LogP contribution is 2.12. The van der Waals surface area contributed by atoms with Gasteiger partial charge in [0.2, 0.25) is 5.95 Å². The van der Waals surface area contributed by atoms with Crippen molar-refractivity contribution >= 4 is 11.9 Å². The van der Waals surface area contributed by atoms with Gasteiger partial charge in [-0.3, -0.25) is 9.48 Å². The molecule has 1 amide bonds. The molecule has 1 N–H and O–H groups in total. The lowest BCUT2D eigenvalue weighted by atomic mass is 10.2. The van der Waals surface area contributed by atoms with E-state index in [9.17, 15) is 4.79 Å². The highest BCUT2D eigenvalue weighted by molar-refractivity contribution is 5.96. The predicted octanol–water partition coefficient (Wildman–Crippen LogP) is 0.227. The van der Waals surface area contributed by atoms with E-state index >= 15 is 0 Å². The summed E-state index contributed by atoms with van der Waals surface area (Å²) in [6.45, 7) is 3.83. The van der Waals surface area contributed by atoms with Crippen molar-refractivity contribution in [2.24, 2.45) is 7.05 Å². The van der Waals surface area contributed by atoms with Crippen molar-refractivity contribution in [2.45, 2.75) is 20.4 Å². The third-order valence-electron chi connectivity index (χ3n) is 3.38. The quantitative estimate of drug-likeness (QED) is 0.842. The summed E-state index contributed by atoms with van der Waals surface area (Å²) in [4.78, 5) is 26.7. The first-order valence-corrected chi connectivity index (χ1v) is 7.08. The molecule has 0 atom stereocenters. The standard InChI is InChI=1S/C14H21N7O2/c1-8-11(9(2)21(5)19-8)12(22)15-7-10-16-13(20(3)4)18-14(17-10)23-6/h7H2,1-6H3,(H,15,22). The number of nitrogens with one attached hydrogen (secondary N) is 1. The van der Waals surface area contributed by atoms with E-state index in [0.29, 0.717) is 23.0 Å². The summed E-state index contributed by atoms with van der Waals surface area (Å²) in [6.07, 6.45) is 0. The molecule has 9 heteroatoms. The smallest absolute Gasteiger partial charge is 0.321 e. The Bertz CT molecular complexity index is 724. The Morgan fingerprint density at radius 3 is 2.48 bits per heavy atom. The molecule has 0 aliphatic heterocycles. The average Bonchev–Trinajstić information content (AvgIpc) is 2.77. The zero-order valence-corrected chi connectivity index (χ0v) is 14.2. The molecule has 0 aliphatic rings. The first-order chi connectivity index (χ1) is 10.8. The summed E-state index contributed by atoms with van der Waals surface area (Å²) in [6, 6.07) is 0.210. The van der Waals surface area contributed by atoms with Crippen LogP contribution in [-0.2, 0) is 13.6 Å². The number of amides is 1. The van der Waals surface area contributed by atoms with Crippen LogP contribution in [0.25, 0.3) is 0 Å². The Morgan fingerprint density at radius 2 is 1.96 bits per heavy atom. The second-order valence-electron chi connectivity index (χ2n) is 5.28. The van der Waals surface area contributed by atoms with Crippen molar-refractivity contribution in [3.05, 3.63) is 22.8 Å². The topological polar surface area (TPSA) is 98.1 Å². The monoisotopic (exact) mass is 319 g/mol. The first kappa shape index (κ1) is 16.7. The third-order valence-corrected chi connectivity index (χ3v) is 3.38. The van der Waals surface area contributed by atoms with Crippen LogP contribution in [0.5, 0.6) is 6.01 Å². The van der Waals surface area contributed by atoms with Gasteiger partial charge in [0, 0.05) is 26.8 Å². The van der Waals surface area contributed by atoms with Gasteiger partial charge in [-0.2, -0.15) is 20.1 Å². The largest absolute Gasteiger partial charge is 0.467 e. The zero-order valence-electron chi connectivity index (χ0n) is 14.2. The molecule has 124 valence electrons. The van der Waals surface area contributed by atoms with Crippen LogP contribution in [0, 0.1) is 13.8 Å². The molecule has 2 rings (SSSR count). The number of anilines is 1. The zero-order chi connectivity index (χ0) is 17.1. The second kappa shape index (κ2) is 6.59. The molecular formula is C14H21N7O2. The summed E-state index contributed by atoms with van der Waals surface area (Å²) in [5.74, 6) is 0.682. The molecule has 2 aromatic heterocycles. The number of rotatable bonds is 5. The number of hydrogen-bond acceptors (Lipinski definition) is 7. The van der Waals surface area contributed by atoms with Crippen molar-refractivity contribution in [1.29, 1.82) is 0 Å². The lowest BCUT2D eigenvalue weighted by Gasteiger charge is -2.12. The van der Waals surface area contributed by atoms with Gasteiger partial charge in [0.25, 0.3) is 5.91 Å². The Hall–Kier alpha value is -2.71. The Balaban J connectivity index is 2.17. The van der Waals surface area contributed by atoms with Gasteiger partial charge >= 0.3 is 6.01 Å². The Morgan fingerprint density at radius 1 is 1.26 bits per heavy atom. The first-order valence-electron chi connectivity index (χ1n) is 7.08. The minimum absolute atomic E-state index is 0.173. The number of hydrogen-bond donors (Lipinski definition) is 1. The second-order valence-corrected chi connectivity index (χ2v) is 5.28. The Labute approximate surface area is 134 Å². The number of carbonyl (C=O) groups is 1. The predicted molar refractivity (Wildman–Crippen MR) is 84.6 cm³/mol. The fourth-order valence-electron chi connectivity index (χ4n) is 2.11. The van der Waals surface area contributed by atoms with Crippen molar-refractivity contribution in [3.63, 3.8) is 0 Å². The minimum atomic E-state index is -0.209. The van der Waals surface area contributed by atoms with E-state index < -0.39 is 0 Å². The van der Waals surface area contributed by atoms with Gasteiger partial charge in [0.05, 0.1) is 24.9 Å². The fraction of sp³-hybridized carbons (Fsp3) is 0.500. The molecule has 0 fully saturated rings. The van der Waals surface area contributed by atoms with E-state index in [1.165, 1.54) is 7.11 Å². The van der Waals surface area contributed by atoms with Crippen LogP contribution in [0.3, 0.4) is 0 Å². The number of nitrogens with zero attached hydrogens (tertiary/aromatic N) is 6. The van der Waals surface area contributed by atoms with Gasteiger partial charge in [-0.25, -0.2) is 0 Å². The number of methoxy groups -OCH3 is 1. The van der Waals surface area contributed by atoms with Crippen LogP contribution < -0.4 is 15.0 Å². The highest BCUT2D eigenvalue weighted by atomic mass is 16.5. The lowest BCUT2D eigenvalue weighted by molar-refractivity contribution is 0.0948. The molecule has 0 aromatic carbocycles. The van der Waals surface area contributed by atoms with Crippen LogP contribution in [-0.4, -0.2) is 51.8 Å². The van der Waals surface area contributed by atoms with Gasteiger partial charge in [0.1, 0.15) is 0 Å². The summed E-state index contributed by atoms with van der Waals surface area (Å²) < 4.78 is 6.74. The molecule has 9 nitrogen and oxygen atoms in total. The molecule has 0 bridgehead atoms. The molecule has 0 saturated heterocycles. The average molecular weight is 319 g/mol. The SMILES string of the molecule is COc1nc(CNC(=O)c2c(C)nn(C)c2C)nc(N(C)C)n1. The molecule has 0 unspecified atom stereocenters. The van der Waals surface area contributed by atoms with Gasteiger partial charge in [-0.05, 0) is 13.8 Å². The maximum Gasteiger partial charge on any atom is 0.321 e. The molecule has 0 aliphatic carbocycles. The van der Waals surface area contributed by atoms with Crippen LogP contribution in [0.15, 0.2) is 0 Å². The van der Waals surface area contributed by atoms with Crippen LogP contribution in [0.1, 0.15) is 27.6 Å². The van der Waals surface area contributed by atoms with E-state index in [2.05, 4.69) is 25.4 Å². The number of ether oxygens (including phenoxy) is 1. The molecule has 2 heterocycles. The fourth-order valence-corrected chi connectivity index (χ4v) is 2.11. The van der Waals surface area contributed by atoms with Crippen molar-refractivity contribution in [1.82, 2.24) is 30.0 Å². The minimum Gasteiger partial charge on any atom is -0.467 e. The van der Waals surface area contributed by atoms with E-state index in [1.54, 1.807) is 23.6 Å². The summed E-state index contributed by atoms with van der Waals surface area (Å²) in [5, 5.41) is 7.05. The summed E-state index contributed by atoms with van der Waals surface area (Å²) in [7, 11) is 6.93. The maximum absolute atomic E-state index is 12.4. The number of aromatic nitrogens is 5. The number of carbonyl (C=O) groups excluding carboxylic acids is 1. The Kier molecular flexibility index (Phi) is 4.77. The lowest BCUT2D eigenvalue weighted by Crippen LogP contribution is -2.26. The molecule has 0 radical (unpaired) electrons. The van der Waals surface area contributed by atoms with E-state index in [1.807, 2.05) is 21.0 Å². The van der Waals surface area contributed by atoms with Crippen LogP contribution in [0.2, 0.25) is 0 Å². The summed E-state index contributed by atoms with van der Waals surface area (Å²) in [5.41, 5.74) is 2.06. The third kappa shape index (κ3) is 3.55. The van der Waals surface area contributed by atoms with Gasteiger partial charge in [0.15, 0.2) is 5.82 Å². The highest BCUT2D eigenvalue weighted by Gasteiger charge is 2.18. The maximum atomic E-state index is 12.4. The van der Waals surface area contributed by atoms with Crippen LogP contribution in [0.4, 0.5) is 5.95 Å². The molecule has 0 spiro atoms. The van der Waals surface area contributed by atoms with E-state index in [0.717, 1.165) is 5.69 Å². The number of aryl methyl sites for hydroxylation is 2. The molecule has 23 heavy (non-hydrogen) atoms. The normalized spacial score (nSPS) is 10.5. The molecule has 0 saturated carbocycles. The van der Waals surface area contributed by atoms with Crippen molar-refractivity contribution in [2.75, 3.05) is 26.1 Å². The van der Waals surface area contributed by atoms with Gasteiger partial charge in [-0.1, -0.05) is 0 Å². The van der Waals surface area contributed by atoms with Crippen molar-refractivity contribution < 1.29 is 9.53 Å². The van der Waals surface area contributed by atoms with E-state index in [4.69, 9.17) is 4.74 Å². The summed E-state index contributed by atoms with van der Waals surface area (Å²) >= 11 is 0. The molecular weight excluding hydrogens is 298 g/mol.